The van der Waals surface area contributed by atoms with Crippen LogP contribution < -0.4 is 4.74 Å². The SMILES string of the molecule is Cc1cc(C=O)cnc1Oc1cc(Br)cc(F)c1F. The van der Waals surface area contributed by atoms with E-state index in [-0.39, 0.29) is 11.6 Å². The highest BCUT2D eigenvalue weighted by Gasteiger charge is 2.14. The number of ether oxygens (including phenoxy) is 1. The van der Waals surface area contributed by atoms with Crippen molar-refractivity contribution in [2.75, 3.05) is 0 Å². The predicted octanol–water partition coefficient (Wildman–Crippen LogP) is 4.04. The van der Waals surface area contributed by atoms with Crippen molar-refractivity contribution < 1.29 is 18.3 Å². The van der Waals surface area contributed by atoms with E-state index >= 15 is 0 Å². The Balaban J connectivity index is 2.39. The standard InChI is InChI=1S/C13H8BrF2NO2/c1-7-2-8(6-18)5-17-13(7)19-11-4-9(14)3-10(15)12(11)16/h2-6H,1H3. The van der Waals surface area contributed by atoms with Crippen LogP contribution >= 0.6 is 15.9 Å². The zero-order valence-corrected chi connectivity index (χ0v) is 11.4. The van der Waals surface area contributed by atoms with E-state index in [1.54, 1.807) is 13.0 Å². The number of hydrogen-bond acceptors (Lipinski definition) is 3. The lowest BCUT2D eigenvalue weighted by molar-refractivity contribution is 0.112. The molecule has 0 saturated heterocycles. The average molecular weight is 328 g/mol. The Bertz CT molecular complexity index is 647. The number of hydrogen-bond donors (Lipinski definition) is 0. The summed E-state index contributed by atoms with van der Waals surface area (Å²) >= 11 is 3.05. The third-order valence-electron chi connectivity index (χ3n) is 2.35. The van der Waals surface area contributed by atoms with E-state index in [0.717, 1.165) is 6.07 Å². The van der Waals surface area contributed by atoms with Gasteiger partial charge in [-0.15, -0.1) is 0 Å². The number of aromatic nitrogens is 1. The van der Waals surface area contributed by atoms with Crippen molar-refractivity contribution in [1.82, 2.24) is 4.98 Å². The Hall–Kier alpha value is -1.82. The number of rotatable bonds is 3. The van der Waals surface area contributed by atoms with Gasteiger partial charge in [-0.05, 0) is 25.1 Å². The van der Waals surface area contributed by atoms with Crippen LogP contribution in [0.5, 0.6) is 11.6 Å². The zero-order valence-electron chi connectivity index (χ0n) is 9.78. The molecule has 98 valence electrons. The molecule has 0 aliphatic carbocycles. The van der Waals surface area contributed by atoms with Crippen molar-refractivity contribution in [3.63, 3.8) is 0 Å². The summed E-state index contributed by atoms with van der Waals surface area (Å²) in [4.78, 5) is 14.5. The highest BCUT2D eigenvalue weighted by molar-refractivity contribution is 9.10. The van der Waals surface area contributed by atoms with Crippen LogP contribution in [0.15, 0.2) is 28.9 Å². The molecule has 0 fully saturated rings. The third kappa shape index (κ3) is 2.96. The molecule has 0 spiro atoms. The second-order valence-electron chi connectivity index (χ2n) is 3.81. The molecule has 0 bridgehead atoms. The molecule has 1 heterocycles. The lowest BCUT2D eigenvalue weighted by Gasteiger charge is -2.09. The predicted molar refractivity (Wildman–Crippen MR) is 68.5 cm³/mol. The Labute approximate surface area is 116 Å². The Morgan fingerprint density at radius 2 is 2.05 bits per heavy atom. The van der Waals surface area contributed by atoms with Crippen LogP contribution in [0.4, 0.5) is 8.78 Å². The second kappa shape index (κ2) is 5.44. The molecule has 0 radical (unpaired) electrons. The van der Waals surface area contributed by atoms with E-state index < -0.39 is 11.6 Å². The quantitative estimate of drug-likeness (QED) is 0.631. The Morgan fingerprint density at radius 1 is 1.32 bits per heavy atom. The number of aryl methyl sites for hydroxylation is 1. The first-order valence-electron chi connectivity index (χ1n) is 5.25. The summed E-state index contributed by atoms with van der Waals surface area (Å²) in [5.74, 6) is -2.28. The van der Waals surface area contributed by atoms with E-state index in [1.165, 1.54) is 12.3 Å². The molecular weight excluding hydrogens is 320 g/mol. The molecule has 0 atom stereocenters. The van der Waals surface area contributed by atoms with Crippen LogP contribution in [0.3, 0.4) is 0 Å². The molecule has 0 saturated carbocycles. The fourth-order valence-electron chi connectivity index (χ4n) is 1.47. The number of nitrogens with zero attached hydrogens (tertiary/aromatic N) is 1. The summed E-state index contributed by atoms with van der Waals surface area (Å²) in [6, 6.07) is 3.84. The number of carbonyl (C=O) groups excluding carboxylic acids is 1. The highest BCUT2D eigenvalue weighted by atomic mass is 79.9. The van der Waals surface area contributed by atoms with Crippen LogP contribution in [0, 0.1) is 18.6 Å². The van der Waals surface area contributed by atoms with Crippen LogP contribution in [-0.2, 0) is 0 Å². The molecular formula is C13H8BrF2NO2. The van der Waals surface area contributed by atoms with E-state index in [9.17, 15) is 13.6 Å². The van der Waals surface area contributed by atoms with Crippen molar-refractivity contribution in [2.45, 2.75) is 6.92 Å². The van der Waals surface area contributed by atoms with Crippen LogP contribution in [0.25, 0.3) is 0 Å². The minimum Gasteiger partial charge on any atom is -0.436 e. The van der Waals surface area contributed by atoms with Gasteiger partial charge in [0.15, 0.2) is 17.9 Å². The fourth-order valence-corrected chi connectivity index (χ4v) is 1.87. The molecule has 0 amide bonds. The van der Waals surface area contributed by atoms with Crippen molar-refractivity contribution in [3.8, 4) is 11.6 Å². The number of benzene rings is 1. The largest absolute Gasteiger partial charge is 0.436 e. The van der Waals surface area contributed by atoms with Gasteiger partial charge in [0.05, 0.1) is 0 Å². The molecule has 6 heteroatoms. The first-order valence-corrected chi connectivity index (χ1v) is 6.05. The topological polar surface area (TPSA) is 39.2 Å². The van der Waals surface area contributed by atoms with Gasteiger partial charge in [0.1, 0.15) is 0 Å². The molecule has 1 aromatic heterocycles. The number of aldehydes is 1. The number of carbonyl (C=O) groups is 1. The van der Waals surface area contributed by atoms with Crippen molar-refractivity contribution >= 4 is 22.2 Å². The van der Waals surface area contributed by atoms with Gasteiger partial charge in [-0.3, -0.25) is 4.79 Å². The van der Waals surface area contributed by atoms with Crippen molar-refractivity contribution in [1.29, 1.82) is 0 Å². The molecule has 2 aromatic rings. The van der Waals surface area contributed by atoms with E-state index in [4.69, 9.17) is 4.74 Å². The van der Waals surface area contributed by atoms with Crippen LogP contribution in [0.1, 0.15) is 15.9 Å². The van der Waals surface area contributed by atoms with Gasteiger partial charge in [0.25, 0.3) is 0 Å². The summed E-state index contributed by atoms with van der Waals surface area (Å²) in [7, 11) is 0. The maximum atomic E-state index is 13.5. The molecule has 0 aliphatic rings. The van der Waals surface area contributed by atoms with E-state index in [2.05, 4.69) is 20.9 Å². The number of halogens is 3. The third-order valence-corrected chi connectivity index (χ3v) is 2.81. The van der Waals surface area contributed by atoms with Gasteiger partial charge in [0.2, 0.25) is 11.7 Å². The van der Waals surface area contributed by atoms with E-state index in [0.29, 0.717) is 21.9 Å². The molecule has 0 aliphatic heterocycles. The highest BCUT2D eigenvalue weighted by Crippen LogP contribution is 2.30. The minimum atomic E-state index is -1.09. The lowest BCUT2D eigenvalue weighted by atomic mass is 10.2. The van der Waals surface area contributed by atoms with Gasteiger partial charge >= 0.3 is 0 Å². The number of pyridine rings is 1. The minimum absolute atomic E-state index is 0.113. The monoisotopic (exact) mass is 327 g/mol. The Kier molecular flexibility index (Phi) is 3.90. The smallest absolute Gasteiger partial charge is 0.222 e. The first-order chi connectivity index (χ1) is 9.01. The molecule has 1 aromatic carbocycles. The summed E-state index contributed by atoms with van der Waals surface area (Å²) in [6.07, 6.45) is 1.94. The maximum absolute atomic E-state index is 13.5. The maximum Gasteiger partial charge on any atom is 0.222 e. The molecule has 0 unspecified atom stereocenters. The van der Waals surface area contributed by atoms with E-state index in [1.807, 2.05) is 0 Å². The summed E-state index contributed by atoms with van der Waals surface area (Å²) < 4.78 is 32.3. The molecule has 3 nitrogen and oxygen atoms in total. The zero-order chi connectivity index (χ0) is 14.0. The second-order valence-corrected chi connectivity index (χ2v) is 4.73. The lowest BCUT2D eigenvalue weighted by Crippen LogP contribution is -1.97. The molecule has 2 rings (SSSR count). The normalized spacial score (nSPS) is 10.3. The summed E-state index contributed by atoms with van der Waals surface area (Å²) in [5.41, 5.74) is 0.926. The molecule has 0 N–H and O–H groups in total. The summed E-state index contributed by atoms with van der Waals surface area (Å²) in [6.45, 7) is 1.65. The average Bonchev–Trinajstić information content (AvgIpc) is 2.37. The van der Waals surface area contributed by atoms with Crippen molar-refractivity contribution in [3.05, 3.63) is 51.6 Å². The van der Waals surface area contributed by atoms with Gasteiger partial charge < -0.3 is 4.74 Å². The molecule has 19 heavy (non-hydrogen) atoms. The summed E-state index contributed by atoms with van der Waals surface area (Å²) in [5, 5.41) is 0. The Morgan fingerprint density at radius 3 is 2.68 bits per heavy atom. The van der Waals surface area contributed by atoms with Gasteiger partial charge in [-0.25, -0.2) is 9.37 Å². The van der Waals surface area contributed by atoms with Gasteiger partial charge in [0, 0.05) is 21.8 Å². The van der Waals surface area contributed by atoms with Crippen LogP contribution in [0.2, 0.25) is 0 Å². The first kappa shape index (κ1) is 13.6. The van der Waals surface area contributed by atoms with Gasteiger partial charge in [-0.2, -0.15) is 4.39 Å². The van der Waals surface area contributed by atoms with Crippen LogP contribution in [-0.4, -0.2) is 11.3 Å². The fraction of sp³-hybridized carbons (Fsp3) is 0.0769. The van der Waals surface area contributed by atoms with Gasteiger partial charge in [-0.1, -0.05) is 15.9 Å². The van der Waals surface area contributed by atoms with Crippen molar-refractivity contribution in [2.24, 2.45) is 0 Å².